The standard InChI is InChI=1S/C15H22N2O2/c1-10-5-6-14(19-4)13(7-10)15(18)17-9-11(2)16-8-12(17)3/h5-7,11-12,16H,8-9H2,1-4H3. The summed E-state index contributed by atoms with van der Waals surface area (Å²) in [5.41, 5.74) is 1.73. The predicted molar refractivity (Wildman–Crippen MR) is 75.7 cm³/mol. The van der Waals surface area contributed by atoms with Gasteiger partial charge >= 0.3 is 0 Å². The molecule has 1 aliphatic heterocycles. The lowest BCUT2D eigenvalue weighted by molar-refractivity contribution is 0.0613. The number of methoxy groups -OCH3 is 1. The third kappa shape index (κ3) is 2.89. The van der Waals surface area contributed by atoms with Crippen LogP contribution in [0.15, 0.2) is 18.2 Å². The summed E-state index contributed by atoms with van der Waals surface area (Å²) in [6, 6.07) is 6.25. The average molecular weight is 262 g/mol. The number of piperazine rings is 1. The zero-order valence-corrected chi connectivity index (χ0v) is 12.1. The maximum Gasteiger partial charge on any atom is 0.257 e. The van der Waals surface area contributed by atoms with Crippen LogP contribution >= 0.6 is 0 Å². The summed E-state index contributed by atoms with van der Waals surface area (Å²) < 4.78 is 5.31. The molecule has 2 rings (SSSR count). The van der Waals surface area contributed by atoms with Gasteiger partial charge in [0.2, 0.25) is 0 Å². The zero-order chi connectivity index (χ0) is 14.0. The fraction of sp³-hybridized carbons (Fsp3) is 0.533. The Kier molecular flexibility index (Phi) is 4.10. The first-order valence-corrected chi connectivity index (χ1v) is 6.72. The third-order valence-corrected chi connectivity index (χ3v) is 3.61. The Morgan fingerprint density at radius 1 is 1.42 bits per heavy atom. The molecule has 1 N–H and O–H groups in total. The quantitative estimate of drug-likeness (QED) is 0.884. The number of carbonyl (C=O) groups excluding carboxylic acids is 1. The minimum atomic E-state index is 0.0569. The van der Waals surface area contributed by atoms with Crippen molar-refractivity contribution in [2.75, 3.05) is 20.2 Å². The van der Waals surface area contributed by atoms with Crippen LogP contribution in [0.3, 0.4) is 0 Å². The number of hydrogen-bond acceptors (Lipinski definition) is 3. The molecule has 19 heavy (non-hydrogen) atoms. The molecular formula is C15H22N2O2. The van der Waals surface area contributed by atoms with Crippen molar-refractivity contribution in [2.24, 2.45) is 0 Å². The number of amides is 1. The van der Waals surface area contributed by atoms with Crippen LogP contribution in [0.2, 0.25) is 0 Å². The van der Waals surface area contributed by atoms with Gasteiger partial charge in [-0.05, 0) is 32.9 Å². The predicted octanol–water partition coefficient (Wildman–Crippen LogP) is 1.83. The number of carbonyl (C=O) groups is 1. The number of ether oxygens (including phenoxy) is 1. The topological polar surface area (TPSA) is 41.6 Å². The van der Waals surface area contributed by atoms with Gasteiger partial charge in [-0.1, -0.05) is 11.6 Å². The van der Waals surface area contributed by atoms with E-state index in [1.54, 1.807) is 7.11 Å². The molecule has 0 aliphatic carbocycles. The Labute approximate surface area is 114 Å². The molecule has 4 heteroatoms. The normalized spacial score (nSPS) is 23.3. The number of hydrogen-bond donors (Lipinski definition) is 1. The summed E-state index contributed by atoms with van der Waals surface area (Å²) in [5, 5.41) is 3.38. The summed E-state index contributed by atoms with van der Waals surface area (Å²) in [6.07, 6.45) is 0. The van der Waals surface area contributed by atoms with E-state index in [-0.39, 0.29) is 11.9 Å². The lowest BCUT2D eigenvalue weighted by Gasteiger charge is -2.37. The summed E-state index contributed by atoms with van der Waals surface area (Å²) in [6.45, 7) is 7.72. The molecule has 4 nitrogen and oxygen atoms in total. The summed E-state index contributed by atoms with van der Waals surface area (Å²) in [7, 11) is 1.60. The monoisotopic (exact) mass is 262 g/mol. The lowest BCUT2D eigenvalue weighted by Crippen LogP contribution is -2.56. The molecule has 0 saturated carbocycles. The van der Waals surface area contributed by atoms with Crippen molar-refractivity contribution in [3.05, 3.63) is 29.3 Å². The van der Waals surface area contributed by atoms with E-state index in [2.05, 4.69) is 19.2 Å². The van der Waals surface area contributed by atoms with Gasteiger partial charge in [0.05, 0.1) is 12.7 Å². The van der Waals surface area contributed by atoms with Crippen LogP contribution in [0, 0.1) is 6.92 Å². The van der Waals surface area contributed by atoms with Gasteiger partial charge in [0.25, 0.3) is 5.91 Å². The summed E-state index contributed by atoms with van der Waals surface area (Å²) >= 11 is 0. The fourth-order valence-electron chi connectivity index (χ4n) is 2.45. The van der Waals surface area contributed by atoms with Gasteiger partial charge in [0.1, 0.15) is 5.75 Å². The number of aryl methyl sites for hydroxylation is 1. The first-order chi connectivity index (χ1) is 9.02. The third-order valence-electron chi connectivity index (χ3n) is 3.61. The zero-order valence-electron chi connectivity index (χ0n) is 12.1. The van der Waals surface area contributed by atoms with Crippen molar-refractivity contribution < 1.29 is 9.53 Å². The number of benzene rings is 1. The van der Waals surface area contributed by atoms with Gasteiger partial charge in [-0.2, -0.15) is 0 Å². The Bertz CT molecular complexity index is 473. The molecule has 1 aromatic rings. The molecule has 0 aromatic heterocycles. The van der Waals surface area contributed by atoms with E-state index in [0.717, 1.165) is 18.7 Å². The molecule has 1 heterocycles. The minimum absolute atomic E-state index is 0.0569. The molecule has 1 fully saturated rings. The SMILES string of the molecule is COc1ccc(C)cc1C(=O)N1CC(C)NCC1C. The van der Waals surface area contributed by atoms with E-state index in [1.165, 1.54) is 0 Å². The van der Waals surface area contributed by atoms with Crippen molar-refractivity contribution in [3.8, 4) is 5.75 Å². The van der Waals surface area contributed by atoms with Crippen molar-refractivity contribution in [1.82, 2.24) is 10.2 Å². The van der Waals surface area contributed by atoms with Gasteiger partial charge in [-0.15, -0.1) is 0 Å². The molecule has 1 aliphatic rings. The van der Waals surface area contributed by atoms with E-state index in [1.807, 2.05) is 30.0 Å². The maximum absolute atomic E-state index is 12.7. The highest BCUT2D eigenvalue weighted by atomic mass is 16.5. The number of nitrogens with zero attached hydrogens (tertiary/aromatic N) is 1. The second-order valence-electron chi connectivity index (χ2n) is 5.32. The van der Waals surface area contributed by atoms with Gasteiger partial charge in [-0.25, -0.2) is 0 Å². The van der Waals surface area contributed by atoms with Crippen molar-refractivity contribution >= 4 is 5.91 Å². The Morgan fingerprint density at radius 3 is 2.84 bits per heavy atom. The first kappa shape index (κ1) is 13.9. The van der Waals surface area contributed by atoms with Crippen LogP contribution in [0.4, 0.5) is 0 Å². The van der Waals surface area contributed by atoms with Crippen molar-refractivity contribution in [1.29, 1.82) is 0 Å². The number of rotatable bonds is 2. The first-order valence-electron chi connectivity index (χ1n) is 6.72. The van der Waals surface area contributed by atoms with Crippen LogP contribution in [-0.2, 0) is 0 Å². The van der Waals surface area contributed by atoms with Crippen LogP contribution < -0.4 is 10.1 Å². The van der Waals surface area contributed by atoms with E-state index in [4.69, 9.17) is 4.74 Å². The number of nitrogens with one attached hydrogen (secondary N) is 1. The highest BCUT2D eigenvalue weighted by Gasteiger charge is 2.28. The van der Waals surface area contributed by atoms with Crippen LogP contribution in [0.1, 0.15) is 29.8 Å². The van der Waals surface area contributed by atoms with E-state index < -0.39 is 0 Å². The smallest absolute Gasteiger partial charge is 0.257 e. The second kappa shape index (κ2) is 5.61. The second-order valence-corrected chi connectivity index (χ2v) is 5.32. The van der Waals surface area contributed by atoms with Crippen LogP contribution in [-0.4, -0.2) is 43.1 Å². The fourth-order valence-corrected chi connectivity index (χ4v) is 2.45. The largest absolute Gasteiger partial charge is 0.496 e. The van der Waals surface area contributed by atoms with Gasteiger partial charge in [-0.3, -0.25) is 4.79 Å². The molecule has 104 valence electrons. The summed E-state index contributed by atoms with van der Waals surface area (Å²) in [4.78, 5) is 14.6. The minimum Gasteiger partial charge on any atom is -0.496 e. The van der Waals surface area contributed by atoms with Gasteiger partial charge in [0, 0.05) is 25.2 Å². The van der Waals surface area contributed by atoms with Crippen LogP contribution in [0.25, 0.3) is 0 Å². The Balaban J connectivity index is 2.30. The highest BCUT2D eigenvalue weighted by molar-refractivity contribution is 5.97. The Hall–Kier alpha value is -1.55. The van der Waals surface area contributed by atoms with Crippen molar-refractivity contribution in [3.63, 3.8) is 0 Å². The molecule has 0 bridgehead atoms. The molecule has 1 saturated heterocycles. The highest BCUT2D eigenvalue weighted by Crippen LogP contribution is 2.23. The van der Waals surface area contributed by atoms with E-state index >= 15 is 0 Å². The average Bonchev–Trinajstić information content (AvgIpc) is 2.40. The van der Waals surface area contributed by atoms with E-state index in [9.17, 15) is 4.79 Å². The summed E-state index contributed by atoms with van der Waals surface area (Å²) in [5.74, 6) is 0.704. The van der Waals surface area contributed by atoms with Gasteiger partial charge in [0.15, 0.2) is 0 Å². The molecule has 0 radical (unpaired) electrons. The molecule has 2 atom stereocenters. The van der Waals surface area contributed by atoms with Crippen molar-refractivity contribution in [2.45, 2.75) is 32.9 Å². The molecule has 2 unspecified atom stereocenters. The van der Waals surface area contributed by atoms with Crippen LogP contribution in [0.5, 0.6) is 5.75 Å². The van der Waals surface area contributed by atoms with E-state index in [0.29, 0.717) is 17.4 Å². The molecule has 0 spiro atoms. The lowest BCUT2D eigenvalue weighted by atomic mass is 10.1. The molecule has 1 amide bonds. The van der Waals surface area contributed by atoms with Gasteiger partial charge < -0.3 is 15.0 Å². The maximum atomic E-state index is 12.7. The Morgan fingerprint density at radius 2 is 2.16 bits per heavy atom. The molecular weight excluding hydrogens is 240 g/mol. The molecule has 1 aromatic carbocycles.